The Morgan fingerprint density at radius 1 is 1.30 bits per heavy atom. The SMILES string of the molecule is CCNC(CC)c1ccccc1OCc1cc(Br)cs1. The fraction of sp³-hybridized carbons (Fsp3) is 0.375. The van der Waals surface area contributed by atoms with Crippen molar-refractivity contribution in [1.82, 2.24) is 5.32 Å². The predicted molar refractivity (Wildman–Crippen MR) is 89.5 cm³/mol. The van der Waals surface area contributed by atoms with Crippen LogP contribution in [0.3, 0.4) is 0 Å². The Balaban J connectivity index is 2.10. The second-order valence-corrected chi connectivity index (χ2v) is 6.49. The number of benzene rings is 1. The number of nitrogens with one attached hydrogen (secondary N) is 1. The van der Waals surface area contributed by atoms with Crippen molar-refractivity contribution in [3.8, 4) is 5.75 Å². The van der Waals surface area contributed by atoms with Crippen molar-refractivity contribution >= 4 is 27.3 Å². The lowest BCUT2D eigenvalue weighted by atomic mass is 10.0. The van der Waals surface area contributed by atoms with Crippen LogP contribution in [0.4, 0.5) is 0 Å². The maximum absolute atomic E-state index is 6.02. The van der Waals surface area contributed by atoms with Crippen LogP contribution < -0.4 is 10.1 Å². The van der Waals surface area contributed by atoms with Crippen LogP contribution in [0.5, 0.6) is 5.75 Å². The van der Waals surface area contributed by atoms with Gasteiger partial charge in [0.2, 0.25) is 0 Å². The molecule has 0 amide bonds. The summed E-state index contributed by atoms with van der Waals surface area (Å²) < 4.78 is 7.13. The first-order chi connectivity index (χ1) is 9.74. The summed E-state index contributed by atoms with van der Waals surface area (Å²) in [7, 11) is 0. The number of para-hydroxylation sites is 1. The normalized spacial score (nSPS) is 12.3. The second kappa shape index (κ2) is 7.81. The Labute approximate surface area is 133 Å². The monoisotopic (exact) mass is 353 g/mol. The number of hydrogen-bond donors (Lipinski definition) is 1. The lowest BCUT2D eigenvalue weighted by molar-refractivity contribution is 0.302. The van der Waals surface area contributed by atoms with Crippen molar-refractivity contribution in [2.75, 3.05) is 6.54 Å². The van der Waals surface area contributed by atoms with Gasteiger partial charge >= 0.3 is 0 Å². The maximum Gasteiger partial charge on any atom is 0.124 e. The van der Waals surface area contributed by atoms with Gasteiger partial charge in [-0.15, -0.1) is 11.3 Å². The van der Waals surface area contributed by atoms with Gasteiger partial charge in [-0.05, 0) is 41.0 Å². The summed E-state index contributed by atoms with van der Waals surface area (Å²) in [5.74, 6) is 0.977. The summed E-state index contributed by atoms with van der Waals surface area (Å²) in [6.45, 7) is 5.91. The molecule has 1 N–H and O–H groups in total. The van der Waals surface area contributed by atoms with Gasteiger partial charge in [0.15, 0.2) is 0 Å². The van der Waals surface area contributed by atoms with E-state index in [0.717, 1.165) is 23.2 Å². The molecule has 1 atom stereocenters. The fourth-order valence-corrected chi connectivity index (χ4v) is 3.56. The summed E-state index contributed by atoms with van der Waals surface area (Å²) >= 11 is 5.18. The Morgan fingerprint density at radius 2 is 2.10 bits per heavy atom. The van der Waals surface area contributed by atoms with E-state index in [0.29, 0.717) is 12.6 Å². The summed E-state index contributed by atoms with van der Waals surface area (Å²) in [6.07, 6.45) is 1.05. The third-order valence-electron chi connectivity index (χ3n) is 3.14. The highest BCUT2D eigenvalue weighted by Gasteiger charge is 2.13. The summed E-state index contributed by atoms with van der Waals surface area (Å²) in [5.41, 5.74) is 1.24. The molecule has 0 aliphatic carbocycles. The van der Waals surface area contributed by atoms with Crippen molar-refractivity contribution in [3.63, 3.8) is 0 Å². The van der Waals surface area contributed by atoms with E-state index < -0.39 is 0 Å². The Bertz CT molecular complexity index is 541. The maximum atomic E-state index is 6.02. The van der Waals surface area contributed by atoms with Crippen LogP contribution >= 0.6 is 27.3 Å². The number of thiophene rings is 1. The Morgan fingerprint density at radius 3 is 2.75 bits per heavy atom. The average Bonchev–Trinajstić information content (AvgIpc) is 2.89. The highest BCUT2D eigenvalue weighted by atomic mass is 79.9. The highest BCUT2D eigenvalue weighted by Crippen LogP contribution is 2.28. The topological polar surface area (TPSA) is 21.3 Å². The molecule has 0 radical (unpaired) electrons. The molecule has 0 fully saturated rings. The summed E-state index contributed by atoms with van der Waals surface area (Å²) in [6, 6.07) is 10.8. The van der Waals surface area contributed by atoms with Crippen LogP contribution in [0.1, 0.15) is 36.8 Å². The lowest BCUT2D eigenvalue weighted by Gasteiger charge is -2.19. The molecule has 108 valence electrons. The molecule has 2 rings (SSSR count). The van der Waals surface area contributed by atoms with Gasteiger partial charge in [-0.25, -0.2) is 0 Å². The van der Waals surface area contributed by atoms with E-state index in [9.17, 15) is 0 Å². The third kappa shape index (κ3) is 4.08. The van der Waals surface area contributed by atoms with Gasteiger partial charge in [-0.2, -0.15) is 0 Å². The van der Waals surface area contributed by atoms with E-state index in [1.54, 1.807) is 11.3 Å². The van der Waals surface area contributed by atoms with E-state index >= 15 is 0 Å². The van der Waals surface area contributed by atoms with Crippen LogP contribution in [0.2, 0.25) is 0 Å². The molecule has 0 aliphatic heterocycles. The van der Waals surface area contributed by atoms with Crippen molar-refractivity contribution < 1.29 is 4.74 Å². The molecule has 1 aromatic carbocycles. The zero-order valence-corrected chi connectivity index (χ0v) is 14.3. The van der Waals surface area contributed by atoms with Gasteiger partial charge in [0.25, 0.3) is 0 Å². The van der Waals surface area contributed by atoms with Gasteiger partial charge in [-0.3, -0.25) is 0 Å². The molecule has 4 heteroatoms. The van der Waals surface area contributed by atoms with Gasteiger partial charge in [-0.1, -0.05) is 32.0 Å². The second-order valence-electron chi connectivity index (χ2n) is 4.58. The van der Waals surface area contributed by atoms with Crippen LogP contribution in [0.25, 0.3) is 0 Å². The quantitative estimate of drug-likeness (QED) is 0.742. The molecule has 0 spiro atoms. The molecule has 1 aromatic heterocycles. The Hall–Kier alpha value is -0.840. The number of hydrogen-bond acceptors (Lipinski definition) is 3. The molecule has 2 nitrogen and oxygen atoms in total. The number of ether oxygens (including phenoxy) is 1. The minimum atomic E-state index is 0.353. The molecule has 0 bridgehead atoms. The Kier molecular flexibility index (Phi) is 6.07. The molecule has 1 unspecified atom stereocenters. The van der Waals surface area contributed by atoms with Crippen molar-refractivity contribution in [2.45, 2.75) is 32.9 Å². The predicted octanol–water partition coefficient (Wildman–Crippen LogP) is 5.15. The lowest BCUT2D eigenvalue weighted by Crippen LogP contribution is -2.20. The smallest absolute Gasteiger partial charge is 0.124 e. The van der Waals surface area contributed by atoms with Crippen molar-refractivity contribution in [1.29, 1.82) is 0 Å². The summed E-state index contributed by atoms with van der Waals surface area (Å²) in [4.78, 5) is 1.23. The van der Waals surface area contributed by atoms with Gasteiger partial charge in [0.05, 0.1) is 0 Å². The molecule has 2 aromatic rings. The first-order valence-corrected chi connectivity index (χ1v) is 8.59. The van der Waals surface area contributed by atoms with Gasteiger partial charge < -0.3 is 10.1 Å². The third-order valence-corrected chi connectivity index (χ3v) is 4.82. The van der Waals surface area contributed by atoms with Gasteiger partial charge in [0, 0.05) is 26.3 Å². The minimum absolute atomic E-state index is 0.353. The number of halogens is 1. The van der Waals surface area contributed by atoms with Crippen LogP contribution in [0, 0.1) is 0 Å². The summed E-state index contributed by atoms with van der Waals surface area (Å²) in [5, 5.41) is 5.59. The molecule has 0 saturated heterocycles. The largest absolute Gasteiger partial charge is 0.488 e. The first kappa shape index (κ1) is 15.5. The van der Waals surface area contributed by atoms with E-state index in [1.807, 2.05) is 6.07 Å². The zero-order chi connectivity index (χ0) is 14.4. The van der Waals surface area contributed by atoms with E-state index in [-0.39, 0.29) is 0 Å². The van der Waals surface area contributed by atoms with Crippen LogP contribution in [-0.4, -0.2) is 6.54 Å². The molecular formula is C16H20BrNOS. The van der Waals surface area contributed by atoms with Crippen LogP contribution in [0.15, 0.2) is 40.2 Å². The minimum Gasteiger partial charge on any atom is -0.488 e. The molecule has 20 heavy (non-hydrogen) atoms. The molecule has 0 aliphatic rings. The first-order valence-electron chi connectivity index (χ1n) is 6.92. The van der Waals surface area contributed by atoms with E-state index in [1.165, 1.54) is 10.4 Å². The molecule has 1 heterocycles. The van der Waals surface area contributed by atoms with Gasteiger partial charge in [0.1, 0.15) is 12.4 Å². The standard InChI is InChI=1S/C16H20BrNOS/c1-3-15(18-4-2)14-7-5-6-8-16(14)19-10-13-9-12(17)11-20-13/h5-9,11,15,18H,3-4,10H2,1-2H3. The number of rotatable bonds is 7. The highest BCUT2D eigenvalue weighted by molar-refractivity contribution is 9.10. The molecule has 0 saturated carbocycles. The van der Waals surface area contributed by atoms with Crippen LogP contribution in [-0.2, 0) is 6.61 Å². The van der Waals surface area contributed by atoms with Crippen molar-refractivity contribution in [3.05, 3.63) is 50.6 Å². The van der Waals surface area contributed by atoms with E-state index in [4.69, 9.17) is 4.74 Å². The van der Waals surface area contributed by atoms with Crippen molar-refractivity contribution in [2.24, 2.45) is 0 Å². The van der Waals surface area contributed by atoms with E-state index in [2.05, 4.69) is 64.7 Å². The fourth-order valence-electron chi connectivity index (χ4n) is 2.20. The zero-order valence-electron chi connectivity index (χ0n) is 11.9. The molecular weight excluding hydrogens is 334 g/mol. The average molecular weight is 354 g/mol.